The van der Waals surface area contributed by atoms with Gasteiger partial charge in [0.05, 0.1) is 5.71 Å². The van der Waals surface area contributed by atoms with Gasteiger partial charge >= 0.3 is 11.9 Å². The molecule has 6 heteroatoms. The monoisotopic (exact) mass is 399 g/mol. The lowest BCUT2D eigenvalue weighted by atomic mass is 9.55. The normalized spacial score (nSPS) is 34.0. The molecule has 0 saturated heterocycles. The second kappa shape index (κ2) is 7.47. The molecule has 3 aliphatic rings. The van der Waals surface area contributed by atoms with E-state index >= 15 is 0 Å². The molecule has 0 radical (unpaired) electrons. The summed E-state index contributed by atoms with van der Waals surface area (Å²) in [4.78, 5) is 28.2. The summed E-state index contributed by atoms with van der Waals surface area (Å²) in [7, 11) is 1.58. The lowest BCUT2D eigenvalue weighted by molar-refractivity contribution is -0.151. The zero-order chi connectivity index (χ0) is 20.8. The Morgan fingerprint density at radius 3 is 2.66 bits per heavy atom. The van der Waals surface area contributed by atoms with Gasteiger partial charge in [0.1, 0.15) is 19.0 Å². The average Bonchev–Trinajstić information content (AvgIpc) is 2.92. The molecule has 0 aliphatic heterocycles. The molecular formula is C23H29NO5. The van der Waals surface area contributed by atoms with Crippen molar-refractivity contribution in [3.8, 4) is 5.75 Å². The van der Waals surface area contributed by atoms with Gasteiger partial charge in [0.25, 0.3) is 0 Å². The van der Waals surface area contributed by atoms with Gasteiger partial charge in [-0.1, -0.05) is 18.1 Å². The predicted octanol–water partition coefficient (Wildman–Crippen LogP) is 4.01. The predicted molar refractivity (Wildman–Crippen MR) is 108 cm³/mol. The number of carbonyl (C=O) groups is 2. The van der Waals surface area contributed by atoms with Crippen molar-refractivity contribution in [2.75, 3.05) is 7.11 Å². The van der Waals surface area contributed by atoms with E-state index < -0.39 is 0 Å². The van der Waals surface area contributed by atoms with Crippen molar-refractivity contribution in [2.45, 2.75) is 64.9 Å². The van der Waals surface area contributed by atoms with Gasteiger partial charge in [-0.3, -0.25) is 9.59 Å². The lowest BCUT2D eigenvalue weighted by Gasteiger charge is -2.49. The minimum absolute atomic E-state index is 0.105. The van der Waals surface area contributed by atoms with Gasteiger partial charge < -0.3 is 14.3 Å². The van der Waals surface area contributed by atoms with E-state index in [0.29, 0.717) is 24.0 Å². The minimum atomic E-state index is -0.299. The number of benzene rings is 1. The van der Waals surface area contributed by atoms with Gasteiger partial charge in [-0.15, -0.1) is 0 Å². The fraction of sp³-hybridized carbons (Fsp3) is 0.609. The summed E-state index contributed by atoms with van der Waals surface area (Å²) in [5, 5.41) is 4.34. The van der Waals surface area contributed by atoms with Gasteiger partial charge in [-0.05, 0) is 60.8 Å². The van der Waals surface area contributed by atoms with Crippen LogP contribution in [0, 0.1) is 17.3 Å². The molecule has 1 aromatic carbocycles. The molecule has 0 unspecified atom stereocenters. The summed E-state index contributed by atoms with van der Waals surface area (Å²) in [5.74, 6) is 1.16. The van der Waals surface area contributed by atoms with E-state index in [4.69, 9.17) is 14.3 Å². The van der Waals surface area contributed by atoms with E-state index in [-0.39, 0.29) is 29.4 Å². The van der Waals surface area contributed by atoms with Crippen molar-refractivity contribution in [2.24, 2.45) is 22.4 Å². The van der Waals surface area contributed by atoms with E-state index in [1.54, 1.807) is 7.11 Å². The van der Waals surface area contributed by atoms with Crippen molar-refractivity contribution in [3.63, 3.8) is 0 Å². The van der Waals surface area contributed by atoms with Crippen LogP contribution in [0.2, 0.25) is 0 Å². The number of rotatable bonds is 3. The van der Waals surface area contributed by atoms with E-state index in [2.05, 4.69) is 18.1 Å². The van der Waals surface area contributed by atoms with Crippen LogP contribution in [0.5, 0.6) is 5.75 Å². The molecule has 0 amide bonds. The molecule has 3 aliphatic carbocycles. The minimum Gasteiger partial charge on any atom is -0.462 e. The molecular weight excluding hydrogens is 370 g/mol. The highest BCUT2D eigenvalue weighted by atomic mass is 16.6. The molecule has 2 saturated carbocycles. The Morgan fingerprint density at radius 1 is 1.17 bits per heavy atom. The largest absolute Gasteiger partial charge is 0.462 e. The van der Waals surface area contributed by atoms with Crippen LogP contribution >= 0.6 is 0 Å². The number of aryl methyl sites for hydroxylation is 1. The van der Waals surface area contributed by atoms with Crippen LogP contribution in [0.3, 0.4) is 0 Å². The molecule has 0 aromatic heterocycles. The molecule has 1 aromatic rings. The highest BCUT2D eigenvalue weighted by Crippen LogP contribution is 2.60. The fourth-order valence-corrected chi connectivity index (χ4v) is 6.19. The van der Waals surface area contributed by atoms with Crippen LogP contribution in [0.15, 0.2) is 23.4 Å². The Balaban J connectivity index is 1.68. The zero-order valence-corrected chi connectivity index (χ0v) is 17.6. The third kappa shape index (κ3) is 3.43. The number of ether oxygens (including phenoxy) is 2. The first kappa shape index (κ1) is 19.9. The number of esters is 2. The molecule has 156 valence electrons. The van der Waals surface area contributed by atoms with Crippen LogP contribution in [0.4, 0.5) is 0 Å². The molecule has 2 fully saturated rings. The Kier molecular flexibility index (Phi) is 5.13. The number of hydrogen-bond acceptors (Lipinski definition) is 6. The maximum absolute atomic E-state index is 11.8. The first-order valence-corrected chi connectivity index (χ1v) is 10.4. The zero-order valence-electron chi connectivity index (χ0n) is 17.6. The van der Waals surface area contributed by atoms with Crippen LogP contribution in [-0.2, 0) is 25.6 Å². The van der Waals surface area contributed by atoms with Gasteiger partial charge in [0.2, 0.25) is 0 Å². The standard InChI is InChI=1S/C23H29NO5/c1-13(25)28-16-6-8-17-15(11-16)5-7-19-18(17)9-10-23(3)21(24-27-4)12-20(22(19)23)29-14(2)26/h6,8,11,18-20,22H,5,7,9-10,12H2,1-4H3/b24-21+/t18-,19-,20+,22-,23-/m1/s1. The highest BCUT2D eigenvalue weighted by molar-refractivity contribution is 5.93. The summed E-state index contributed by atoms with van der Waals surface area (Å²) in [6.07, 6.45) is 4.51. The maximum atomic E-state index is 11.8. The molecule has 29 heavy (non-hydrogen) atoms. The molecule has 0 bridgehead atoms. The summed E-state index contributed by atoms with van der Waals surface area (Å²) in [5.41, 5.74) is 3.52. The summed E-state index contributed by atoms with van der Waals surface area (Å²) in [6.45, 7) is 5.16. The number of nitrogens with zero attached hydrogens (tertiary/aromatic N) is 1. The van der Waals surface area contributed by atoms with Crippen LogP contribution < -0.4 is 4.74 Å². The van der Waals surface area contributed by atoms with Crippen molar-refractivity contribution in [1.82, 2.24) is 0 Å². The SMILES string of the molecule is CO/N=C1\C[C@H](OC(C)=O)[C@H]2[C@@H]3CCc4cc(OC(C)=O)ccc4[C@H]3CC[C@]12C. The van der Waals surface area contributed by atoms with Gasteiger partial charge in [-0.25, -0.2) is 0 Å². The van der Waals surface area contributed by atoms with Crippen LogP contribution in [-0.4, -0.2) is 30.9 Å². The second-order valence-corrected chi connectivity index (χ2v) is 8.82. The van der Waals surface area contributed by atoms with Crippen molar-refractivity contribution >= 4 is 17.7 Å². The Bertz CT molecular complexity index is 863. The molecule has 0 N–H and O–H groups in total. The topological polar surface area (TPSA) is 74.2 Å². The summed E-state index contributed by atoms with van der Waals surface area (Å²) in [6, 6.07) is 6.02. The van der Waals surface area contributed by atoms with Gasteiger partial charge in [0, 0.05) is 31.6 Å². The van der Waals surface area contributed by atoms with Crippen molar-refractivity contribution in [1.29, 1.82) is 0 Å². The second-order valence-electron chi connectivity index (χ2n) is 8.82. The first-order valence-electron chi connectivity index (χ1n) is 10.4. The third-order valence-corrected chi connectivity index (χ3v) is 7.18. The Labute approximate surface area is 171 Å². The molecule has 6 nitrogen and oxygen atoms in total. The van der Waals surface area contributed by atoms with E-state index in [1.165, 1.54) is 25.0 Å². The Hall–Kier alpha value is -2.37. The highest BCUT2D eigenvalue weighted by Gasteiger charge is 2.59. The van der Waals surface area contributed by atoms with Gasteiger partial charge in [0.15, 0.2) is 0 Å². The maximum Gasteiger partial charge on any atom is 0.308 e. The van der Waals surface area contributed by atoms with Gasteiger partial charge in [-0.2, -0.15) is 0 Å². The first-order chi connectivity index (χ1) is 13.8. The summed E-state index contributed by atoms with van der Waals surface area (Å²) >= 11 is 0. The van der Waals surface area contributed by atoms with Crippen LogP contribution in [0.25, 0.3) is 0 Å². The number of hydrogen-bond donors (Lipinski definition) is 0. The fourth-order valence-electron chi connectivity index (χ4n) is 6.19. The lowest BCUT2D eigenvalue weighted by Crippen LogP contribution is -2.46. The average molecular weight is 399 g/mol. The number of oxime groups is 1. The third-order valence-electron chi connectivity index (χ3n) is 7.18. The molecule has 5 atom stereocenters. The molecule has 0 heterocycles. The van der Waals surface area contributed by atoms with E-state index in [0.717, 1.165) is 31.4 Å². The molecule has 0 spiro atoms. The number of fused-ring (bicyclic) bond motifs is 5. The van der Waals surface area contributed by atoms with Crippen LogP contribution in [0.1, 0.15) is 63.5 Å². The molecule has 4 rings (SSSR count). The van der Waals surface area contributed by atoms with E-state index in [9.17, 15) is 9.59 Å². The van der Waals surface area contributed by atoms with Crippen molar-refractivity contribution in [3.05, 3.63) is 29.3 Å². The summed E-state index contributed by atoms with van der Waals surface area (Å²) < 4.78 is 11.1. The number of carbonyl (C=O) groups excluding carboxylic acids is 2. The quantitative estimate of drug-likeness (QED) is 0.436. The smallest absolute Gasteiger partial charge is 0.308 e. The van der Waals surface area contributed by atoms with Crippen molar-refractivity contribution < 1.29 is 23.9 Å². The Morgan fingerprint density at radius 2 is 1.97 bits per heavy atom. The van der Waals surface area contributed by atoms with E-state index in [1.807, 2.05) is 12.1 Å².